The van der Waals surface area contributed by atoms with E-state index in [0.29, 0.717) is 13.0 Å². The van der Waals surface area contributed by atoms with Crippen LogP contribution in [-0.4, -0.2) is 28.6 Å². The van der Waals surface area contributed by atoms with Gasteiger partial charge in [-0.2, -0.15) is 0 Å². The van der Waals surface area contributed by atoms with Gasteiger partial charge in [-0.3, -0.25) is 4.57 Å². The van der Waals surface area contributed by atoms with E-state index in [2.05, 4.69) is 0 Å². The molecule has 4 nitrogen and oxygen atoms in total. The quantitative estimate of drug-likeness (QED) is 0.580. The molecule has 2 unspecified atom stereocenters. The molecule has 2 atom stereocenters. The molecule has 0 bridgehead atoms. The van der Waals surface area contributed by atoms with E-state index in [9.17, 15) is 14.6 Å². The number of aliphatic hydroxyl groups is 1. The fourth-order valence-corrected chi connectivity index (χ4v) is 3.37. The Balaban J connectivity index is 2.41. The fourth-order valence-electron chi connectivity index (χ4n) is 1.52. The average Bonchev–Trinajstić information content (AvgIpc) is 1.97. The number of rotatable bonds is 5. The van der Waals surface area contributed by atoms with Crippen molar-refractivity contribution in [3.8, 4) is 0 Å². The third kappa shape index (κ3) is 2.78. The summed E-state index contributed by atoms with van der Waals surface area (Å²) in [5.41, 5.74) is 5.24. The predicted octanol–water partition coefficient (Wildman–Crippen LogP) is 0.724. The van der Waals surface area contributed by atoms with Crippen molar-refractivity contribution in [2.75, 3.05) is 12.7 Å². The van der Waals surface area contributed by atoms with Gasteiger partial charge in [0.25, 0.3) is 0 Å². The lowest BCUT2D eigenvalue weighted by Gasteiger charge is -2.32. The van der Waals surface area contributed by atoms with Crippen LogP contribution < -0.4 is 5.73 Å². The van der Waals surface area contributed by atoms with Crippen molar-refractivity contribution in [2.45, 2.75) is 31.5 Å². The highest BCUT2D eigenvalue weighted by Gasteiger charge is 2.37. The summed E-state index contributed by atoms with van der Waals surface area (Å²) < 4.78 is 11.6. The van der Waals surface area contributed by atoms with Crippen molar-refractivity contribution in [3.63, 3.8) is 0 Å². The molecule has 4 N–H and O–H groups in total. The lowest BCUT2D eigenvalue weighted by atomic mass is 9.86. The number of aliphatic hydroxyl groups excluding tert-OH is 1. The summed E-state index contributed by atoms with van der Waals surface area (Å²) in [7, 11) is -3.35. The SMILES string of the molecule is NCCCP(=O)(O)C(O)C1CCC1. The first-order chi connectivity index (χ1) is 6.08. The van der Waals surface area contributed by atoms with Gasteiger partial charge in [0.2, 0.25) is 7.37 Å². The minimum absolute atomic E-state index is 0.0496. The molecule has 0 aromatic heterocycles. The Morgan fingerprint density at radius 2 is 2.15 bits per heavy atom. The zero-order valence-corrected chi connectivity index (χ0v) is 8.62. The molecule has 0 amide bonds. The maximum Gasteiger partial charge on any atom is 0.228 e. The first-order valence-electron chi connectivity index (χ1n) is 4.77. The first-order valence-corrected chi connectivity index (χ1v) is 6.69. The summed E-state index contributed by atoms with van der Waals surface area (Å²) in [6, 6.07) is 0. The van der Waals surface area contributed by atoms with E-state index < -0.39 is 13.2 Å². The van der Waals surface area contributed by atoms with Crippen molar-refractivity contribution < 1.29 is 14.6 Å². The van der Waals surface area contributed by atoms with E-state index in [1.807, 2.05) is 0 Å². The minimum atomic E-state index is -3.35. The van der Waals surface area contributed by atoms with Crippen molar-refractivity contribution in [1.29, 1.82) is 0 Å². The van der Waals surface area contributed by atoms with Gasteiger partial charge in [0.05, 0.1) is 0 Å². The number of hydrogen-bond donors (Lipinski definition) is 3. The van der Waals surface area contributed by atoms with Crippen LogP contribution in [0.2, 0.25) is 0 Å². The lowest BCUT2D eigenvalue weighted by Crippen LogP contribution is -2.27. The predicted molar refractivity (Wildman–Crippen MR) is 51.7 cm³/mol. The summed E-state index contributed by atoms with van der Waals surface area (Å²) in [5, 5.41) is 9.57. The molecule has 1 rings (SSSR count). The smallest absolute Gasteiger partial charge is 0.228 e. The van der Waals surface area contributed by atoms with Gasteiger partial charge >= 0.3 is 0 Å². The average molecular weight is 207 g/mol. The molecule has 5 heteroatoms. The van der Waals surface area contributed by atoms with Crippen molar-refractivity contribution in [3.05, 3.63) is 0 Å². The Hall–Kier alpha value is 0.110. The Morgan fingerprint density at radius 3 is 2.54 bits per heavy atom. The van der Waals surface area contributed by atoms with E-state index in [4.69, 9.17) is 5.73 Å². The van der Waals surface area contributed by atoms with E-state index in [-0.39, 0.29) is 12.1 Å². The zero-order chi connectivity index (χ0) is 9.90. The summed E-state index contributed by atoms with van der Waals surface area (Å²) in [6.45, 7) is 0.405. The summed E-state index contributed by atoms with van der Waals surface area (Å²) >= 11 is 0. The van der Waals surface area contributed by atoms with Crippen LogP contribution in [0, 0.1) is 5.92 Å². The van der Waals surface area contributed by atoms with Crippen LogP contribution in [0.5, 0.6) is 0 Å². The van der Waals surface area contributed by atoms with Crippen molar-refractivity contribution in [1.82, 2.24) is 0 Å². The minimum Gasteiger partial charge on any atom is -0.383 e. The van der Waals surface area contributed by atoms with Crippen LogP contribution in [0.4, 0.5) is 0 Å². The molecule has 0 aromatic carbocycles. The Labute approximate surface area is 78.6 Å². The molecule has 13 heavy (non-hydrogen) atoms. The van der Waals surface area contributed by atoms with Gasteiger partial charge in [0, 0.05) is 6.16 Å². The van der Waals surface area contributed by atoms with Crippen LogP contribution in [-0.2, 0) is 4.57 Å². The molecule has 1 aliphatic carbocycles. The lowest BCUT2D eigenvalue weighted by molar-refractivity contribution is 0.113. The molecule has 1 saturated carbocycles. The second kappa shape index (κ2) is 4.56. The third-order valence-electron chi connectivity index (χ3n) is 2.67. The van der Waals surface area contributed by atoms with Gasteiger partial charge in [-0.1, -0.05) is 6.42 Å². The molecule has 0 heterocycles. The second-order valence-corrected chi connectivity index (χ2v) is 6.21. The molecule has 0 saturated heterocycles. The molecule has 0 aromatic rings. The summed E-state index contributed by atoms with van der Waals surface area (Å²) in [6.07, 6.45) is 3.50. The maximum atomic E-state index is 11.6. The molecular formula is C8H18NO3P. The van der Waals surface area contributed by atoms with Gasteiger partial charge in [0.1, 0.15) is 5.85 Å². The van der Waals surface area contributed by atoms with Crippen LogP contribution in [0.25, 0.3) is 0 Å². The normalized spacial score (nSPS) is 24.8. The van der Waals surface area contributed by atoms with Gasteiger partial charge in [-0.15, -0.1) is 0 Å². The van der Waals surface area contributed by atoms with Gasteiger partial charge in [0.15, 0.2) is 0 Å². The highest BCUT2D eigenvalue weighted by Crippen LogP contribution is 2.52. The fraction of sp³-hybridized carbons (Fsp3) is 1.00. The standard InChI is InChI=1S/C8H18NO3P/c9-5-2-6-13(11,12)8(10)7-3-1-4-7/h7-8,10H,1-6,9H2,(H,11,12). The summed E-state index contributed by atoms with van der Waals surface area (Å²) in [4.78, 5) is 9.50. The highest BCUT2D eigenvalue weighted by atomic mass is 31.2. The Bertz CT molecular complexity index is 206. The van der Waals surface area contributed by atoms with E-state index >= 15 is 0 Å². The molecule has 78 valence electrons. The van der Waals surface area contributed by atoms with E-state index in [1.54, 1.807) is 0 Å². The molecule has 0 spiro atoms. The topological polar surface area (TPSA) is 83.6 Å². The number of hydrogen-bond acceptors (Lipinski definition) is 3. The zero-order valence-electron chi connectivity index (χ0n) is 7.72. The third-order valence-corrected chi connectivity index (χ3v) is 4.87. The van der Waals surface area contributed by atoms with Gasteiger partial charge < -0.3 is 15.7 Å². The largest absolute Gasteiger partial charge is 0.383 e. The van der Waals surface area contributed by atoms with E-state index in [1.165, 1.54) is 0 Å². The molecular weight excluding hydrogens is 189 g/mol. The van der Waals surface area contributed by atoms with Crippen molar-refractivity contribution in [2.24, 2.45) is 11.7 Å². The van der Waals surface area contributed by atoms with E-state index in [0.717, 1.165) is 19.3 Å². The number of nitrogens with two attached hydrogens (primary N) is 1. The Kier molecular flexibility index (Phi) is 3.92. The van der Waals surface area contributed by atoms with Crippen LogP contribution >= 0.6 is 7.37 Å². The van der Waals surface area contributed by atoms with Crippen LogP contribution in [0.1, 0.15) is 25.7 Å². The summed E-state index contributed by atoms with van der Waals surface area (Å²) in [5.74, 6) is -0.957. The molecule has 1 aliphatic rings. The van der Waals surface area contributed by atoms with Crippen molar-refractivity contribution >= 4 is 7.37 Å². The first kappa shape index (κ1) is 11.2. The van der Waals surface area contributed by atoms with Crippen LogP contribution in [0.15, 0.2) is 0 Å². The molecule has 0 radical (unpaired) electrons. The molecule has 0 aliphatic heterocycles. The highest BCUT2D eigenvalue weighted by molar-refractivity contribution is 7.58. The molecule has 1 fully saturated rings. The van der Waals surface area contributed by atoms with Gasteiger partial charge in [-0.25, -0.2) is 0 Å². The van der Waals surface area contributed by atoms with Gasteiger partial charge in [-0.05, 0) is 31.7 Å². The second-order valence-electron chi connectivity index (χ2n) is 3.73. The monoisotopic (exact) mass is 207 g/mol. The van der Waals surface area contributed by atoms with Crippen LogP contribution in [0.3, 0.4) is 0 Å². The maximum absolute atomic E-state index is 11.6. The Morgan fingerprint density at radius 1 is 1.54 bits per heavy atom.